The van der Waals surface area contributed by atoms with E-state index in [-0.39, 0.29) is 18.7 Å². The molecule has 0 aromatic heterocycles. The highest BCUT2D eigenvalue weighted by atomic mass is 19.4. The van der Waals surface area contributed by atoms with E-state index in [2.05, 4.69) is 0 Å². The number of nitrogens with two attached hydrogens (primary N) is 1. The van der Waals surface area contributed by atoms with E-state index >= 15 is 0 Å². The monoisotopic (exact) mass is 305 g/mol. The van der Waals surface area contributed by atoms with Gasteiger partial charge in [0.05, 0.1) is 18.8 Å². The van der Waals surface area contributed by atoms with Gasteiger partial charge in [0, 0.05) is 31.5 Å². The number of alkyl halides is 3. The van der Waals surface area contributed by atoms with E-state index in [0.717, 1.165) is 12.1 Å². The van der Waals surface area contributed by atoms with Crippen LogP contribution in [-0.2, 0) is 10.9 Å². The fourth-order valence-electron chi connectivity index (χ4n) is 1.88. The average Bonchev–Trinajstić information content (AvgIpc) is 2.41. The normalized spacial score (nSPS) is 11.5. The molecule has 0 amide bonds. The van der Waals surface area contributed by atoms with Gasteiger partial charge in [0.25, 0.3) is 0 Å². The second kappa shape index (κ2) is 7.28. The van der Waals surface area contributed by atoms with Crippen molar-refractivity contribution in [1.29, 1.82) is 5.41 Å². The number of rotatable bonds is 7. The molecule has 0 saturated heterocycles. The van der Waals surface area contributed by atoms with E-state index in [1.165, 1.54) is 13.2 Å². The quantitative estimate of drug-likeness (QED) is 0.526. The second-order valence-corrected chi connectivity index (χ2v) is 4.35. The van der Waals surface area contributed by atoms with Crippen molar-refractivity contribution in [2.75, 3.05) is 38.3 Å². The zero-order valence-corrected chi connectivity index (χ0v) is 11.6. The van der Waals surface area contributed by atoms with Crippen LogP contribution in [0.1, 0.15) is 11.1 Å². The molecule has 118 valence electrons. The summed E-state index contributed by atoms with van der Waals surface area (Å²) in [5.74, 6) is -0.462. The lowest BCUT2D eigenvalue weighted by atomic mass is 10.1. The number of amidine groups is 1. The predicted molar refractivity (Wildman–Crippen MR) is 73.6 cm³/mol. The van der Waals surface area contributed by atoms with Crippen LogP contribution in [0.15, 0.2) is 18.2 Å². The van der Waals surface area contributed by atoms with Crippen molar-refractivity contribution < 1.29 is 23.0 Å². The van der Waals surface area contributed by atoms with Crippen molar-refractivity contribution in [1.82, 2.24) is 0 Å². The summed E-state index contributed by atoms with van der Waals surface area (Å²) in [7, 11) is 1.50. The van der Waals surface area contributed by atoms with E-state index < -0.39 is 17.6 Å². The van der Waals surface area contributed by atoms with Gasteiger partial charge in [-0.15, -0.1) is 0 Å². The number of benzene rings is 1. The fourth-order valence-corrected chi connectivity index (χ4v) is 1.88. The lowest BCUT2D eigenvalue weighted by Gasteiger charge is -2.26. The number of nitrogens with zero attached hydrogens (tertiary/aromatic N) is 1. The molecule has 0 aliphatic heterocycles. The third-order valence-corrected chi connectivity index (χ3v) is 2.89. The molecular weight excluding hydrogens is 287 g/mol. The van der Waals surface area contributed by atoms with Gasteiger partial charge in [0.1, 0.15) is 5.84 Å². The molecule has 0 heterocycles. The maximum Gasteiger partial charge on any atom is 0.416 e. The smallest absolute Gasteiger partial charge is 0.395 e. The molecule has 0 fully saturated rings. The molecule has 5 nitrogen and oxygen atoms in total. The first-order chi connectivity index (χ1) is 9.81. The van der Waals surface area contributed by atoms with Crippen molar-refractivity contribution in [2.45, 2.75) is 6.18 Å². The number of halogens is 3. The number of anilines is 1. The Kier molecular flexibility index (Phi) is 5.98. The average molecular weight is 305 g/mol. The SMILES string of the molecule is COCCN(CCO)c1ccc(C(F)(F)F)cc1C(=N)N. The summed E-state index contributed by atoms with van der Waals surface area (Å²) in [6.07, 6.45) is -4.50. The number of nitrogens with one attached hydrogen (secondary N) is 1. The summed E-state index contributed by atoms with van der Waals surface area (Å²) in [4.78, 5) is 1.63. The van der Waals surface area contributed by atoms with Gasteiger partial charge < -0.3 is 20.5 Å². The number of ether oxygens (including phenoxy) is 1. The van der Waals surface area contributed by atoms with Crippen LogP contribution in [0.3, 0.4) is 0 Å². The van der Waals surface area contributed by atoms with Crippen LogP contribution in [0.2, 0.25) is 0 Å². The summed E-state index contributed by atoms with van der Waals surface area (Å²) in [5, 5.41) is 16.5. The summed E-state index contributed by atoms with van der Waals surface area (Å²) in [6.45, 7) is 0.720. The standard InChI is InChI=1S/C13H18F3N3O2/c1-21-7-5-19(4-6-20)11-3-2-9(13(14,15)16)8-10(11)12(17)18/h2-3,8,20H,4-7H2,1H3,(H3,17,18). The first-order valence-electron chi connectivity index (χ1n) is 6.21. The van der Waals surface area contributed by atoms with Crippen LogP contribution in [-0.4, -0.2) is 44.4 Å². The van der Waals surface area contributed by atoms with E-state index in [0.29, 0.717) is 18.8 Å². The number of aliphatic hydroxyl groups is 1. The Hall–Kier alpha value is -1.80. The molecule has 0 saturated carbocycles. The van der Waals surface area contributed by atoms with Crippen LogP contribution >= 0.6 is 0 Å². The maximum atomic E-state index is 12.7. The van der Waals surface area contributed by atoms with Crippen molar-refractivity contribution in [3.63, 3.8) is 0 Å². The summed E-state index contributed by atoms with van der Waals surface area (Å²) in [5.41, 5.74) is 4.86. The Bertz CT molecular complexity index is 492. The number of nitrogen functional groups attached to an aromatic ring is 1. The Morgan fingerprint density at radius 2 is 2.05 bits per heavy atom. The predicted octanol–water partition coefficient (Wildman–Crippen LogP) is 1.43. The summed E-state index contributed by atoms with van der Waals surface area (Å²) >= 11 is 0. The number of aliphatic hydroxyl groups excluding tert-OH is 1. The fraction of sp³-hybridized carbons (Fsp3) is 0.462. The van der Waals surface area contributed by atoms with Crippen LogP contribution in [0.4, 0.5) is 18.9 Å². The molecule has 4 N–H and O–H groups in total. The molecule has 1 aromatic carbocycles. The van der Waals surface area contributed by atoms with E-state index in [1.807, 2.05) is 0 Å². The Morgan fingerprint density at radius 1 is 1.38 bits per heavy atom. The van der Waals surface area contributed by atoms with Gasteiger partial charge in [0.15, 0.2) is 0 Å². The molecule has 1 rings (SSSR count). The lowest BCUT2D eigenvalue weighted by molar-refractivity contribution is -0.137. The van der Waals surface area contributed by atoms with E-state index in [4.69, 9.17) is 21.0 Å². The topological polar surface area (TPSA) is 82.6 Å². The third kappa shape index (κ3) is 4.61. The van der Waals surface area contributed by atoms with Crippen LogP contribution in [0, 0.1) is 5.41 Å². The largest absolute Gasteiger partial charge is 0.416 e. The molecule has 0 spiro atoms. The minimum Gasteiger partial charge on any atom is -0.395 e. The number of hydrogen-bond donors (Lipinski definition) is 3. The molecule has 0 atom stereocenters. The first-order valence-corrected chi connectivity index (χ1v) is 6.21. The van der Waals surface area contributed by atoms with Crippen LogP contribution in [0.5, 0.6) is 0 Å². The number of hydrogen-bond acceptors (Lipinski definition) is 4. The Balaban J connectivity index is 3.23. The van der Waals surface area contributed by atoms with E-state index in [1.54, 1.807) is 4.90 Å². The minimum absolute atomic E-state index is 0.0191. The molecule has 0 aliphatic rings. The molecular formula is C13H18F3N3O2. The van der Waals surface area contributed by atoms with Gasteiger partial charge in [-0.3, -0.25) is 5.41 Å². The first kappa shape index (κ1) is 17.3. The van der Waals surface area contributed by atoms with Gasteiger partial charge in [-0.1, -0.05) is 0 Å². The Morgan fingerprint density at radius 3 is 2.52 bits per heavy atom. The van der Waals surface area contributed by atoms with Crippen LogP contribution in [0.25, 0.3) is 0 Å². The molecule has 0 radical (unpaired) electrons. The molecule has 8 heteroatoms. The van der Waals surface area contributed by atoms with E-state index in [9.17, 15) is 13.2 Å². The highest BCUT2D eigenvalue weighted by Crippen LogP contribution is 2.32. The Labute approximate surface area is 120 Å². The minimum atomic E-state index is -4.50. The van der Waals surface area contributed by atoms with Crippen molar-refractivity contribution >= 4 is 11.5 Å². The van der Waals surface area contributed by atoms with Crippen molar-refractivity contribution in [3.05, 3.63) is 29.3 Å². The lowest BCUT2D eigenvalue weighted by Crippen LogP contribution is -2.32. The molecule has 0 unspecified atom stereocenters. The van der Waals surface area contributed by atoms with Crippen LogP contribution < -0.4 is 10.6 Å². The highest BCUT2D eigenvalue weighted by Gasteiger charge is 2.31. The molecule has 0 aliphatic carbocycles. The van der Waals surface area contributed by atoms with Gasteiger partial charge in [0.2, 0.25) is 0 Å². The van der Waals surface area contributed by atoms with Gasteiger partial charge in [-0.25, -0.2) is 0 Å². The second-order valence-electron chi connectivity index (χ2n) is 4.35. The number of methoxy groups -OCH3 is 1. The van der Waals surface area contributed by atoms with Crippen molar-refractivity contribution in [3.8, 4) is 0 Å². The van der Waals surface area contributed by atoms with Gasteiger partial charge in [-0.2, -0.15) is 13.2 Å². The zero-order valence-electron chi connectivity index (χ0n) is 11.6. The maximum absolute atomic E-state index is 12.7. The van der Waals surface area contributed by atoms with Gasteiger partial charge in [-0.05, 0) is 18.2 Å². The third-order valence-electron chi connectivity index (χ3n) is 2.89. The van der Waals surface area contributed by atoms with Crippen molar-refractivity contribution in [2.24, 2.45) is 5.73 Å². The van der Waals surface area contributed by atoms with Gasteiger partial charge >= 0.3 is 6.18 Å². The molecule has 1 aromatic rings. The molecule has 21 heavy (non-hydrogen) atoms. The summed E-state index contributed by atoms with van der Waals surface area (Å²) < 4.78 is 43.1. The zero-order chi connectivity index (χ0) is 16.0. The molecule has 0 bridgehead atoms. The highest BCUT2D eigenvalue weighted by molar-refractivity contribution is 6.00. The summed E-state index contributed by atoms with van der Waals surface area (Å²) in [6, 6.07) is 3.03.